The Bertz CT molecular complexity index is 1020. The minimum absolute atomic E-state index is 0.241. The minimum atomic E-state index is -0.434. The summed E-state index contributed by atoms with van der Waals surface area (Å²) in [7, 11) is 1.58. The van der Waals surface area contributed by atoms with Crippen LogP contribution in [0.15, 0.2) is 63.5 Å². The van der Waals surface area contributed by atoms with Crippen LogP contribution >= 0.6 is 11.3 Å². The molecule has 27 heavy (non-hydrogen) atoms. The van der Waals surface area contributed by atoms with Crippen LogP contribution < -0.4 is 15.9 Å². The molecule has 0 saturated heterocycles. The maximum atomic E-state index is 12.9. The number of methoxy groups -OCH3 is 1. The first-order valence-electron chi connectivity index (χ1n) is 8.29. The maximum absolute atomic E-state index is 12.9. The fraction of sp³-hybridized carbons (Fsp3) is 0.211. The number of aromatic nitrogens is 2. The summed E-state index contributed by atoms with van der Waals surface area (Å²) in [6.07, 6.45) is 0. The number of para-hydroxylation sites is 1. The number of amides is 1. The fourth-order valence-electron chi connectivity index (χ4n) is 2.68. The van der Waals surface area contributed by atoms with E-state index in [-0.39, 0.29) is 12.5 Å². The van der Waals surface area contributed by atoms with Crippen LogP contribution in [-0.2, 0) is 24.4 Å². The van der Waals surface area contributed by atoms with Gasteiger partial charge in [0.05, 0.1) is 13.7 Å². The van der Waals surface area contributed by atoms with Crippen LogP contribution in [-0.4, -0.2) is 27.7 Å². The molecule has 0 aliphatic carbocycles. The Morgan fingerprint density at radius 2 is 1.93 bits per heavy atom. The van der Waals surface area contributed by atoms with Crippen LogP contribution in [0.4, 0.5) is 0 Å². The molecule has 0 aliphatic rings. The van der Waals surface area contributed by atoms with Gasteiger partial charge in [-0.15, -0.1) is 11.3 Å². The van der Waals surface area contributed by atoms with Crippen molar-refractivity contribution >= 4 is 17.2 Å². The van der Waals surface area contributed by atoms with Crippen molar-refractivity contribution in [3.8, 4) is 5.75 Å². The van der Waals surface area contributed by atoms with Crippen molar-refractivity contribution in [2.24, 2.45) is 0 Å². The van der Waals surface area contributed by atoms with E-state index in [4.69, 9.17) is 4.74 Å². The Morgan fingerprint density at radius 3 is 2.67 bits per heavy atom. The van der Waals surface area contributed by atoms with E-state index < -0.39 is 11.1 Å². The average molecular weight is 385 g/mol. The molecule has 2 aromatic heterocycles. The van der Waals surface area contributed by atoms with Crippen LogP contribution in [0.2, 0.25) is 0 Å². The highest BCUT2D eigenvalue weighted by Crippen LogP contribution is 2.21. The van der Waals surface area contributed by atoms with Gasteiger partial charge in [-0.2, -0.15) is 0 Å². The number of benzene rings is 1. The van der Waals surface area contributed by atoms with E-state index in [2.05, 4.69) is 5.10 Å². The summed E-state index contributed by atoms with van der Waals surface area (Å²) < 4.78 is 6.40. The van der Waals surface area contributed by atoms with Crippen molar-refractivity contribution in [2.45, 2.75) is 19.6 Å². The molecule has 0 spiro atoms. The van der Waals surface area contributed by atoms with Gasteiger partial charge in [-0.05, 0) is 17.5 Å². The molecular weight excluding hydrogens is 366 g/mol. The number of nitrogens with one attached hydrogen (secondary N) is 1. The van der Waals surface area contributed by atoms with E-state index in [0.717, 1.165) is 27.3 Å². The molecule has 0 aliphatic heterocycles. The molecule has 0 bridgehead atoms. The lowest BCUT2D eigenvalue weighted by molar-refractivity contribution is -0.133. The van der Waals surface area contributed by atoms with Crippen molar-refractivity contribution in [3.63, 3.8) is 0 Å². The van der Waals surface area contributed by atoms with Crippen LogP contribution in [0, 0.1) is 0 Å². The molecule has 0 atom stereocenters. The average Bonchev–Trinajstić information content (AvgIpc) is 3.17. The number of H-pyrrole nitrogens is 1. The Kier molecular flexibility index (Phi) is 5.87. The minimum Gasteiger partial charge on any atom is -0.496 e. The number of hydrogen-bond donors (Lipinski definition) is 1. The highest BCUT2D eigenvalue weighted by Gasteiger charge is 2.18. The number of nitrogens with zero attached hydrogens (tertiary/aromatic N) is 2. The smallest absolute Gasteiger partial charge is 0.265 e. The summed E-state index contributed by atoms with van der Waals surface area (Å²) in [6.45, 7) is 0.488. The molecule has 1 amide bonds. The fourth-order valence-corrected chi connectivity index (χ4v) is 3.40. The number of carbonyl (C=O) groups excluding carboxylic acids is 1. The number of carbonyl (C=O) groups is 1. The summed E-state index contributed by atoms with van der Waals surface area (Å²) in [6, 6.07) is 13.6. The third-order valence-corrected chi connectivity index (χ3v) is 4.88. The number of hydrogen-bond acceptors (Lipinski definition) is 5. The van der Waals surface area contributed by atoms with Gasteiger partial charge in [0, 0.05) is 29.1 Å². The molecule has 2 heterocycles. The van der Waals surface area contributed by atoms with Gasteiger partial charge in [-0.25, -0.2) is 4.68 Å². The van der Waals surface area contributed by atoms with Gasteiger partial charge < -0.3 is 9.64 Å². The quantitative estimate of drug-likeness (QED) is 0.673. The standard InChI is InChI=1S/C19H19N3O4S/c1-26-16-7-3-2-5-14(16)11-21(12-15-6-4-10-27-15)19(25)13-22-18(24)9-8-17(23)20-22/h2-10H,11-13H2,1H3,(H,20,23). The van der Waals surface area contributed by atoms with E-state index in [1.807, 2.05) is 41.8 Å². The van der Waals surface area contributed by atoms with Crippen molar-refractivity contribution in [3.05, 3.63) is 85.1 Å². The molecule has 0 saturated carbocycles. The van der Waals surface area contributed by atoms with E-state index in [0.29, 0.717) is 18.8 Å². The summed E-state index contributed by atoms with van der Waals surface area (Å²) >= 11 is 1.55. The van der Waals surface area contributed by atoms with Crippen molar-refractivity contribution in [2.75, 3.05) is 7.11 Å². The highest BCUT2D eigenvalue weighted by molar-refractivity contribution is 7.09. The number of thiophene rings is 1. The van der Waals surface area contributed by atoms with Gasteiger partial charge in [0.15, 0.2) is 0 Å². The third-order valence-electron chi connectivity index (χ3n) is 4.02. The van der Waals surface area contributed by atoms with E-state index >= 15 is 0 Å². The molecule has 1 N–H and O–H groups in total. The van der Waals surface area contributed by atoms with Crippen LogP contribution in [0.3, 0.4) is 0 Å². The second-order valence-electron chi connectivity index (χ2n) is 5.87. The molecule has 8 heteroatoms. The maximum Gasteiger partial charge on any atom is 0.265 e. The summed E-state index contributed by atoms with van der Waals surface area (Å²) in [4.78, 5) is 39.0. The number of aromatic amines is 1. The Morgan fingerprint density at radius 1 is 1.11 bits per heavy atom. The van der Waals surface area contributed by atoms with Gasteiger partial charge in [0.1, 0.15) is 12.3 Å². The number of ether oxygens (including phenoxy) is 1. The monoisotopic (exact) mass is 385 g/mol. The zero-order chi connectivity index (χ0) is 19.2. The largest absolute Gasteiger partial charge is 0.496 e. The first-order valence-corrected chi connectivity index (χ1v) is 9.17. The Hall–Kier alpha value is -3.13. The van der Waals surface area contributed by atoms with E-state index in [1.54, 1.807) is 23.3 Å². The molecule has 1 aromatic carbocycles. The van der Waals surface area contributed by atoms with Crippen molar-refractivity contribution < 1.29 is 9.53 Å². The zero-order valence-electron chi connectivity index (χ0n) is 14.8. The predicted octanol–water partition coefficient (Wildman–Crippen LogP) is 1.84. The molecule has 3 aromatic rings. The van der Waals surface area contributed by atoms with E-state index in [1.165, 1.54) is 0 Å². The Balaban J connectivity index is 1.86. The van der Waals surface area contributed by atoms with Gasteiger partial charge in [0.25, 0.3) is 11.1 Å². The molecule has 0 fully saturated rings. The molecular formula is C19H19N3O4S. The Labute approximate surface area is 159 Å². The van der Waals surface area contributed by atoms with Crippen molar-refractivity contribution in [1.82, 2.24) is 14.7 Å². The SMILES string of the molecule is COc1ccccc1CN(Cc1cccs1)C(=O)Cn1[nH]c(=O)ccc1=O. The van der Waals surface area contributed by atoms with Crippen LogP contribution in [0.25, 0.3) is 0 Å². The lowest BCUT2D eigenvalue weighted by Gasteiger charge is -2.23. The number of rotatable bonds is 7. The van der Waals surface area contributed by atoms with Crippen LogP contribution in [0.1, 0.15) is 10.4 Å². The topological polar surface area (TPSA) is 84.4 Å². The van der Waals surface area contributed by atoms with Gasteiger partial charge in [0.2, 0.25) is 5.91 Å². The summed E-state index contributed by atoms with van der Waals surface area (Å²) in [5.41, 5.74) is -0.00735. The summed E-state index contributed by atoms with van der Waals surface area (Å²) in [5.74, 6) is 0.407. The second kappa shape index (κ2) is 8.50. The zero-order valence-corrected chi connectivity index (χ0v) is 15.6. The third kappa shape index (κ3) is 4.73. The molecule has 0 unspecified atom stereocenters. The lowest BCUT2D eigenvalue weighted by atomic mass is 10.2. The normalized spacial score (nSPS) is 10.6. The first-order chi connectivity index (χ1) is 13.1. The predicted molar refractivity (Wildman–Crippen MR) is 103 cm³/mol. The second-order valence-corrected chi connectivity index (χ2v) is 6.91. The molecule has 3 rings (SSSR count). The van der Waals surface area contributed by atoms with Crippen LogP contribution in [0.5, 0.6) is 5.75 Å². The van der Waals surface area contributed by atoms with Gasteiger partial charge in [-0.1, -0.05) is 24.3 Å². The van der Waals surface area contributed by atoms with Gasteiger partial charge >= 0.3 is 0 Å². The highest BCUT2D eigenvalue weighted by atomic mass is 32.1. The lowest BCUT2D eigenvalue weighted by Crippen LogP contribution is -2.38. The summed E-state index contributed by atoms with van der Waals surface area (Å²) in [5, 5.41) is 4.33. The first kappa shape index (κ1) is 18.7. The van der Waals surface area contributed by atoms with E-state index in [9.17, 15) is 14.4 Å². The molecule has 0 radical (unpaired) electrons. The molecule has 140 valence electrons. The van der Waals surface area contributed by atoms with Crippen molar-refractivity contribution in [1.29, 1.82) is 0 Å². The van der Waals surface area contributed by atoms with Gasteiger partial charge in [-0.3, -0.25) is 19.5 Å². The molecule has 7 nitrogen and oxygen atoms in total.